The Bertz CT molecular complexity index is 781. The standard InChI is InChI=1S/C23H32N4O3/c28-23(24-13-8-18-4-2-1-3-5-18)27-14-9-19(10-15-27)6-7-21-25-22(26-30-21)20-11-16-29-17-12-20/h1-5,19-20H,6-17H2,(H,24,28). The minimum atomic E-state index is 0.0578. The Kier molecular flexibility index (Phi) is 7.34. The highest BCUT2D eigenvalue weighted by molar-refractivity contribution is 5.74. The highest BCUT2D eigenvalue weighted by Crippen LogP contribution is 2.26. The predicted octanol–water partition coefficient (Wildman–Crippen LogP) is 3.56. The lowest BCUT2D eigenvalue weighted by molar-refractivity contribution is 0.0830. The Hall–Kier alpha value is -2.41. The monoisotopic (exact) mass is 412 g/mol. The summed E-state index contributed by atoms with van der Waals surface area (Å²) in [6, 6.07) is 10.3. The minimum Gasteiger partial charge on any atom is -0.381 e. The van der Waals surface area contributed by atoms with Crippen molar-refractivity contribution in [3.05, 3.63) is 47.6 Å². The van der Waals surface area contributed by atoms with Gasteiger partial charge in [0.25, 0.3) is 0 Å². The van der Waals surface area contributed by atoms with Crippen molar-refractivity contribution >= 4 is 6.03 Å². The maximum atomic E-state index is 12.4. The van der Waals surface area contributed by atoms with Crippen LogP contribution in [0.3, 0.4) is 0 Å². The van der Waals surface area contributed by atoms with Crippen molar-refractivity contribution in [3.8, 4) is 0 Å². The number of amides is 2. The molecular weight excluding hydrogens is 380 g/mol. The van der Waals surface area contributed by atoms with Crippen molar-refractivity contribution in [1.29, 1.82) is 0 Å². The van der Waals surface area contributed by atoms with Gasteiger partial charge in [-0.05, 0) is 50.0 Å². The zero-order valence-corrected chi connectivity index (χ0v) is 17.6. The van der Waals surface area contributed by atoms with Gasteiger partial charge >= 0.3 is 6.03 Å². The van der Waals surface area contributed by atoms with E-state index in [4.69, 9.17) is 9.26 Å². The lowest BCUT2D eigenvalue weighted by Gasteiger charge is -2.31. The molecule has 7 nitrogen and oxygen atoms in total. The number of piperidine rings is 1. The van der Waals surface area contributed by atoms with Gasteiger partial charge in [-0.15, -0.1) is 0 Å². The fraction of sp³-hybridized carbons (Fsp3) is 0.609. The average molecular weight is 413 g/mol. The molecule has 0 saturated carbocycles. The van der Waals surface area contributed by atoms with E-state index in [0.717, 1.165) is 83.0 Å². The highest BCUT2D eigenvalue weighted by atomic mass is 16.5. The molecule has 162 valence electrons. The summed E-state index contributed by atoms with van der Waals surface area (Å²) < 4.78 is 10.9. The maximum absolute atomic E-state index is 12.4. The molecule has 2 fully saturated rings. The number of carbonyl (C=O) groups excluding carboxylic acids is 1. The normalized spacial score (nSPS) is 18.5. The lowest BCUT2D eigenvalue weighted by atomic mass is 9.92. The van der Waals surface area contributed by atoms with Crippen molar-refractivity contribution in [2.75, 3.05) is 32.8 Å². The van der Waals surface area contributed by atoms with Crippen LogP contribution < -0.4 is 5.32 Å². The number of carbonyl (C=O) groups is 1. The molecule has 0 unspecified atom stereocenters. The summed E-state index contributed by atoms with van der Waals surface area (Å²) in [6.45, 7) is 3.88. The number of aryl methyl sites for hydroxylation is 1. The van der Waals surface area contributed by atoms with Gasteiger partial charge in [0.1, 0.15) is 0 Å². The van der Waals surface area contributed by atoms with Gasteiger partial charge in [-0.1, -0.05) is 35.5 Å². The Morgan fingerprint density at radius 3 is 2.60 bits per heavy atom. The number of nitrogens with one attached hydrogen (secondary N) is 1. The molecule has 0 radical (unpaired) electrons. The molecule has 0 aliphatic carbocycles. The largest absolute Gasteiger partial charge is 0.381 e. The van der Waals surface area contributed by atoms with E-state index in [1.165, 1.54) is 5.56 Å². The summed E-state index contributed by atoms with van der Waals surface area (Å²) in [5.41, 5.74) is 1.25. The van der Waals surface area contributed by atoms with E-state index in [0.29, 0.717) is 18.4 Å². The summed E-state index contributed by atoms with van der Waals surface area (Å²) in [7, 11) is 0. The molecule has 1 aromatic carbocycles. The number of hydrogen-bond acceptors (Lipinski definition) is 5. The number of urea groups is 1. The van der Waals surface area contributed by atoms with E-state index in [9.17, 15) is 4.79 Å². The zero-order valence-electron chi connectivity index (χ0n) is 17.6. The second-order valence-corrected chi connectivity index (χ2v) is 8.37. The Morgan fingerprint density at radius 2 is 1.83 bits per heavy atom. The maximum Gasteiger partial charge on any atom is 0.317 e. The molecule has 1 N–H and O–H groups in total. The molecule has 2 aliphatic rings. The van der Waals surface area contributed by atoms with Crippen molar-refractivity contribution < 1.29 is 14.1 Å². The van der Waals surface area contributed by atoms with E-state index in [2.05, 4.69) is 27.6 Å². The van der Waals surface area contributed by atoms with E-state index in [1.807, 2.05) is 23.1 Å². The van der Waals surface area contributed by atoms with Crippen LogP contribution in [-0.2, 0) is 17.6 Å². The van der Waals surface area contributed by atoms with Crippen LogP contribution in [0.2, 0.25) is 0 Å². The Labute approximate surface area is 178 Å². The van der Waals surface area contributed by atoms with E-state index >= 15 is 0 Å². The molecule has 1 aromatic heterocycles. The summed E-state index contributed by atoms with van der Waals surface area (Å²) in [4.78, 5) is 19.0. The van der Waals surface area contributed by atoms with Crippen LogP contribution in [0.15, 0.2) is 34.9 Å². The first-order valence-electron chi connectivity index (χ1n) is 11.2. The zero-order chi connectivity index (χ0) is 20.6. The fourth-order valence-corrected chi connectivity index (χ4v) is 4.31. The molecule has 2 amide bonds. The highest BCUT2D eigenvalue weighted by Gasteiger charge is 2.24. The van der Waals surface area contributed by atoms with Gasteiger partial charge in [-0.25, -0.2) is 4.79 Å². The number of nitrogens with zero attached hydrogens (tertiary/aromatic N) is 3. The molecule has 2 aromatic rings. The molecule has 4 rings (SSSR count). The third kappa shape index (κ3) is 5.81. The summed E-state index contributed by atoms with van der Waals surface area (Å²) in [5.74, 6) is 2.57. The SMILES string of the molecule is O=C(NCCc1ccccc1)N1CCC(CCc2nc(C3CCOCC3)no2)CC1. The molecular formula is C23H32N4O3. The van der Waals surface area contributed by atoms with Gasteiger partial charge in [0.05, 0.1) is 0 Å². The molecule has 30 heavy (non-hydrogen) atoms. The van der Waals surface area contributed by atoms with E-state index in [1.54, 1.807) is 0 Å². The number of hydrogen-bond donors (Lipinski definition) is 1. The molecule has 0 atom stereocenters. The van der Waals surface area contributed by atoms with E-state index in [-0.39, 0.29) is 6.03 Å². The lowest BCUT2D eigenvalue weighted by Crippen LogP contribution is -2.45. The quantitative estimate of drug-likeness (QED) is 0.752. The predicted molar refractivity (Wildman–Crippen MR) is 113 cm³/mol. The van der Waals surface area contributed by atoms with Gasteiger partial charge in [-0.2, -0.15) is 4.98 Å². The number of ether oxygens (including phenoxy) is 1. The van der Waals surface area contributed by atoms with Crippen molar-refractivity contribution in [2.24, 2.45) is 5.92 Å². The number of rotatable bonds is 7. The Morgan fingerprint density at radius 1 is 1.07 bits per heavy atom. The van der Waals surface area contributed by atoms with Crippen LogP contribution in [0.1, 0.15) is 55.3 Å². The third-order valence-corrected chi connectivity index (χ3v) is 6.27. The number of aromatic nitrogens is 2. The molecule has 0 spiro atoms. The first-order valence-corrected chi connectivity index (χ1v) is 11.2. The van der Waals surface area contributed by atoms with E-state index < -0.39 is 0 Å². The number of likely N-dealkylation sites (tertiary alicyclic amines) is 1. The van der Waals surface area contributed by atoms with Crippen LogP contribution in [0.5, 0.6) is 0 Å². The van der Waals surface area contributed by atoms with Crippen LogP contribution >= 0.6 is 0 Å². The average Bonchev–Trinajstić information content (AvgIpc) is 3.28. The van der Waals surface area contributed by atoms with Crippen LogP contribution in [0.4, 0.5) is 4.79 Å². The Balaban J connectivity index is 1.13. The fourth-order valence-electron chi connectivity index (χ4n) is 4.31. The second kappa shape index (κ2) is 10.6. The van der Waals surface area contributed by atoms with Gasteiger partial charge in [-0.3, -0.25) is 0 Å². The minimum absolute atomic E-state index is 0.0578. The first-order chi connectivity index (χ1) is 14.8. The summed E-state index contributed by atoms with van der Waals surface area (Å²) in [6.07, 6.45) is 6.75. The molecule has 3 heterocycles. The topological polar surface area (TPSA) is 80.5 Å². The first kappa shape index (κ1) is 20.8. The second-order valence-electron chi connectivity index (χ2n) is 8.37. The molecule has 7 heteroatoms. The molecule has 2 aliphatic heterocycles. The van der Waals surface area contributed by atoms with Gasteiger partial charge in [0.2, 0.25) is 5.89 Å². The van der Waals surface area contributed by atoms with Gasteiger partial charge in [0.15, 0.2) is 5.82 Å². The van der Waals surface area contributed by atoms with Crippen LogP contribution in [-0.4, -0.2) is 53.9 Å². The van der Waals surface area contributed by atoms with Crippen LogP contribution in [0, 0.1) is 5.92 Å². The van der Waals surface area contributed by atoms with Gasteiger partial charge < -0.3 is 19.5 Å². The van der Waals surface area contributed by atoms with Crippen molar-refractivity contribution in [3.63, 3.8) is 0 Å². The summed E-state index contributed by atoms with van der Waals surface area (Å²) >= 11 is 0. The molecule has 2 saturated heterocycles. The van der Waals surface area contributed by atoms with Gasteiger partial charge in [0, 0.05) is 45.2 Å². The van der Waals surface area contributed by atoms with Crippen molar-refractivity contribution in [2.45, 2.75) is 50.9 Å². The van der Waals surface area contributed by atoms with Crippen molar-refractivity contribution in [1.82, 2.24) is 20.4 Å². The smallest absolute Gasteiger partial charge is 0.317 e. The molecule has 0 bridgehead atoms. The number of benzene rings is 1. The van der Waals surface area contributed by atoms with Crippen LogP contribution in [0.25, 0.3) is 0 Å². The third-order valence-electron chi connectivity index (χ3n) is 6.27. The summed E-state index contributed by atoms with van der Waals surface area (Å²) in [5, 5.41) is 7.24.